The molecule has 0 heterocycles. The third-order valence-corrected chi connectivity index (χ3v) is 3.93. The van der Waals surface area contributed by atoms with Gasteiger partial charge in [0.2, 0.25) is 0 Å². The number of nitrogens with one attached hydrogen (secondary N) is 1. The topological polar surface area (TPSA) is 38.0 Å². The molecule has 0 saturated heterocycles. The lowest BCUT2D eigenvalue weighted by Crippen LogP contribution is -2.21. The third-order valence-electron chi connectivity index (χ3n) is 3.71. The van der Waals surface area contributed by atoms with E-state index >= 15 is 0 Å². The van der Waals surface area contributed by atoms with Crippen LogP contribution in [-0.4, -0.2) is 11.0 Å². The summed E-state index contributed by atoms with van der Waals surface area (Å²) in [5.41, 5.74) is 6.60. The Labute approximate surface area is 119 Å². The van der Waals surface area contributed by atoms with E-state index < -0.39 is 0 Å². The summed E-state index contributed by atoms with van der Waals surface area (Å²) in [6, 6.07) is 5.46. The first-order valence-corrected chi connectivity index (χ1v) is 7.43. The Hall–Kier alpha value is -1.16. The van der Waals surface area contributed by atoms with Crippen molar-refractivity contribution in [3.63, 3.8) is 0 Å². The highest BCUT2D eigenvalue weighted by atomic mass is 32.1. The van der Waals surface area contributed by atoms with Gasteiger partial charge in [0, 0.05) is 17.3 Å². The van der Waals surface area contributed by atoms with Crippen LogP contribution in [0.15, 0.2) is 18.2 Å². The number of rotatable bonds is 3. The maximum atomic E-state index is 13.8. The van der Waals surface area contributed by atoms with Gasteiger partial charge in [0.15, 0.2) is 0 Å². The third kappa shape index (κ3) is 4.16. The van der Waals surface area contributed by atoms with Crippen molar-refractivity contribution in [2.75, 3.05) is 5.32 Å². The molecule has 104 valence electrons. The van der Waals surface area contributed by atoms with Crippen LogP contribution in [0.3, 0.4) is 0 Å². The van der Waals surface area contributed by atoms with E-state index in [9.17, 15) is 4.39 Å². The van der Waals surface area contributed by atoms with Gasteiger partial charge in [-0.25, -0.2) is 4.39 Å². The molecule has 1 aromatic rings. The van der Waals surface area contributed by atoms with Crippen LogP contribution >= 0.6 is 12.2 Å². The summed E-state index contributed by atoms with van der Waals surface area (Å²) >= 11 is 4.80. The van der Waals surface area contributed by atoms with Gasteiger partial charge in [-0.2, -0.15) is 0 Å². The largest absolute Gasteiger partial charge is 0.389 e. The van der Waals surface area contributed by atoms with Crippen LogP contribution in [0.25, 0.3) is 0 Å². The van der Waals surface area contributed by atoms with E-state index in [2.05, 4.69) is 5.32 Å². The predicted octanol–water partition coefficient (Wildman–Crippen LogP) is 3.98. The Balaban J connectivity index is 2.01. The highest BCUT2D eigenvalue weighted by Gasteiger charge is 2.12. The quantitative estimate of drug-likeness (QED) is 0.822. The van der Waals surface area contributed by atoms with Crippen molar-refractivity contribution >= 4 is 22.9 Å². The number of nitrogens with two attached hydrogens (primary N) is 1. The molecule has 0 spiro atoms. The lowest BCUT2D eigenvalue weighted by Gasteiger charge is -2.22. The monoisotopic (exact) mass is 280 g/mol. The Morgan fingerprint density at radius 1 is 1.16 bits per heavy atom. The zero-order valence-corrected chi connectivity index (χ0v) is 11.9. The molecule has 0 aliphatic heterocycles. The normalized spacial score (nSPS) is 17.5. The van der Waals surface area contributed by atoms with E-state index in [1.54, 1.807) is 6.07 Å². The Morgan fingerprint density at radius 2 is 1.79 bits per heavy atom. The minimum absolute atomic E-state index is 0.106. The lowest BCUT2D eigenvalue weighted by atomic mass is 9.96. The van der Waals surface area contributed by atoms with Gasteiger partial charge < -0.3 is 11.1 Å². The van der Waals surface area contributed by atoms with Gasteiger partial charge in [0.1, 0.15) is 10.8 Å². The zero-order valence-electron chi connectivity index (χ0n) is 11.1. The molecule has 2 nitrogen and oxygen atoms in total. The first-order chi connectivity index (χ1) is 9.16. The van der Waals surface area contributed by atoms with Crippen molar-refractivity contribution in [1.29, 1.82) is 0 Å². The van der Waals surface area contributed by atoms with Crippen molar-refractivity contribution in [2.45, 2.75) is 51.0 Å². The molecule has 2 rings (SSSR count). The van der Waals surface area contributed by atoms with Gasteiger partial charge >= 0.3 is 0 Å². The van der Waals surface area contributed by atoms with Crippen LogP contribution in [-0.2, 0) is 0 Å². The van der Waals surface area contributed by atoms with Gasteiger partial charge in [0.05, 0.1) is 0 Å². The molecular weight excluding hydrogens is 259 g/mol. The van der Waals surface area contributed by atoms with E-state index in [0.717, 1.165) is 5.69 Å². The number of thiocarbonyl (C=S) groups is 1. The summed E-state index contributed by atoms with van der Waals surface area (Å²) < 4.78 is 13.8. The maximum absolute atomic E-state index is 13.8. The molecule has 0 radical (unpaired) electrons. The summed E-state index contributed by atoms with van der Waals surface area (Å²) in [5.74, 6) is -0.344. The summed E-state index contributed by atoms with van der Waals surface area (Å²) in [6.45, 7) is 0. The Morgan fingerprint density at radius 3 is 2.37 bits per heavy atom. The van der Waals surface area contributed by atoms with Crippen LogP contribution in [0.1, 0.15) is 50.5 Å². The van der Waals surface area contributed by atoms with Crippen LogP contribution in [0.4, 0.5) is 10.1 Å². The smallest absolute Gasteiger partial charge is 0.135 e. The molecule has 1 saturated carbocycles. The van der Waals surface area contributed by atoms with Crippen LogP contribution < -0.4 is 11.1 Å². The summed E-state index contributed by atoms with van der Waals surface area (Å²) in [5, 5.41) is 3.43. The van der Waals surface area contributed by atoms with E-state index in [1.807, 2.05) is 6.07 Å². The summed E-state index contributed by atoms with van der Waals surface area (Å²) in [7, 11) is 0. The van der Waals surface area contributed by atoms with Gasteiger partial charge in [-0.15, -0.1) is 0 Å². The second kappa shape index (κ2) is 6.85. The zero-order chi connectivity index (χ0) is 13.7. The molecule has 0 aromatic heterocycles. The molecule has 1 aliphatic rings. The Kier molecular flexibility index (Phi) is 5.14. The highest BCUT2D eigenvalue weighted by molar-refractivity contribution is 7.80. The van der Waals surface area contributed by atoms with Gasteiger partial charge in [-0.05, 0) is 31.0 Å². The SMILES string of the molecule is NC(=S)c1ccc(NC2CCCCCCC2)cc1F. The van der Waals surface area contributed by atoms with Crippen molar-refractivity contribution < 1.29 is 4.39 Å². The standard InChI is InChI=1S/C15H21FN2S/c16-14-10-12(8-9-13(14)15(17)19)18-11-6-4-2-1-3-5-7-11/h8-11,18H,1-7H2,(H2,17,19). The maximum Gasteiger partial charge on any atom is 0.135 e. The second-order valence-electron chi connectivity index (χ2n) is 5.25. The number of benzene rings is 1. The van der Waals surface area contributed by atoms with Crippen LogP contribution in [0, 0.1) is 5.82 Å². The fraction of sp³-hybridized carbons (Fsp3) is 0.533. The fourth-order valence-electron chi connectivity index (χ4n) is 2.64. The summed E-state index contributed by atoms with van der Waals surface area (Å²) in [4.78, 5) is 0.106. The van der Waals surface area contributed by atoms with Crippen molar-refractivity contribution in [3.8, 4) is 0 Å². The molecule has 1 fully saturated rings. The first-order valence-electron chi connectivity index (χ1n) is 7.02. The minimum atomic E-state index is -0.344. The minimum Gasteiger partial charge on any atom is -0.389 e. The highest BCUT2D eigenvalue weighted by Crippen LogP contribution is 2.22. The number of hydrogen-bond donors (Lipinski definition) is 2. The van der Waals surface area contributed by atoms with E-state index in [1.165, 1.54) is 51.0 Å². The molecule has 1 aromatic carbocycles. The van der Waals surface area contributed by atoms with Gasteiger partial charge in [0.25, 0.3) is 0 Å². The molecule has 4 heteroatoms. The molecule has 1 aliphatic carbocycles. The molecule has 3 N–H and O–H groups in total. The Bertz CT molecular complexity index is 440. The predicted molar refractivity (Wildman–Crippen MR) is 82.0 cm³/mol. The molecule has 0 amide bonds. The van der Waals surface area contributed by atoms with Crippen LogP contribution in [0.5, 0.6) is 0 Å². The van der Waals surface area contributed by atoms with E-state index in [0.29, 0.717) is 11.6 Å². The number of halogens is 1. The van der Waals surface area contributed by atoms with Crippen molar-refractivity contribution in [2.24, 2.45) is 5.73 Å². The fourth-order valence-corrected chi connectivity index (χ4v) is 2.81. The average Bonchev–Trinajstić information content (AvgIpc) is 2.32. The van der Waals surface area contributed by atoms with E-state index in [-0.39, 0.29) is 10.8 Å². The molecule has 19 heavy (non-hydrogen) atoms. The molecule has 0 unspecified atom stereocenters. The van der Waals surface area contributed by atoms with Crippen molar-refractivity contribution in [3.05, 3.63) is 29.6 Å². The van der Waals surface area contributed by atoms with Gasteiger partial charge in [-0.3, -0.25) is 0 Å². The number of hydrogen-bond acceptors (Lipinski definition) is 2. The molecule has 0 atom stereocenters. The van der Waals surface area contributed by atoms with Crippen LogP contribution in [0.2, 0.25) is 0 Å². The second-order valence-corrected chi connectivity index (χ2v) is 5.69. The van der Waals surface area contributed by atoms with E-state index in [4.69, 9.17) is 18.0 Å². The lowest BCUT2D eigenvalue weighted by molar-refractivity contribution is 0.471. The molecule has 0 bridgehead atoms. The van der Waals surface area contributed by atoms with Gasteiger partial charge in [-0.1, -0.05) is 44.3 Å². The van der Waals surface area contributed by atoms with Crippen molar-refractivity contribution in [1.82, 2.24) is 0 Å². The molecular formula is C15H21FN2S. The first kappa shape index (κ1) is 14.3. The average molecular weight is 280 g/mol. The summed E-state index contributed by atoms with van der Waals surface area (Å²) in [6.07, 6.45) is 8.82. The number of anilines is 1.